The van der Waals surface area contributed by atoms with Crippen LogP contribution in [0.3, 0.4) is 0 Å². The average molecular weight is 220 g/mol. The van der Waals surface area contributed by atoms with Gasteiger partial charge in [-0.3, -0.25) is 4.79 Å². The van der Waals surface area contributed by atoms with Gasteiger partial charge in [0.1, 0.15) is 5.78 Å². The molecule has 2 aliphatic carbocycles. The lowest BCUT2D eigenvalue weighted by Gasteiger charge is -2.42. The van der Waals surface area contributed by atoms with Gasteiger partial charge in [-0.2, -0.15) is 0 Å². The molecule has 2 rings (SSSR count). The quantitative estimate of drug-likeness (QED) is 0.611. The summed E-state index contributed by atoms with van der Waals surface area (Å²) in [5.74, 6) is 0.586. The van der Waals surface area contributed by atoms with Crippen LogP contribution in [0, 0.1) is 22.2 Å². The van der Waals surface area contributed by atoms with E-state index in [1.807, 2.05) is 0 Å². The Morgan fingerprint density at radius 3 is 1.94 bits per heavy atom. The molecule has 0 aliphatic heterocycles. The molecule has 1 nitrogen and oxygen atoms in total. The highest BCUT2D eigenvalue weighted by Gasteiger charge is 2.69. The Kier molecular flexibility index (Phi) is 2.08. The van der Waals surface area contributed by atoms with Crippen molar-refractivity contribution in [2.75, 3.05) is 0 Å². The van der Waals surface area contributed by atoms with E-state index in [2.05, 4.69) is 41.5 Å². The largest absolute Gasteiger partial charge is 0.300 e. The second kappa shape index (κ2) is 2.80. The van der Waals surface area contributed by atoms with E-state index in [-0.39, 0.29) is 22.2 Å². The van der Waals surface area contributed by atoms with Gasteiger partial charge in [0.2, 0.25) is 0 Å². The molecule has 1 fully saturated rings. The Hall–Kier alpha value is -0.590. The van der Waals surface area contributed by atoms with Crippen LogP contribution in [0.15, 0.2) is 11.1 Å². The van der Waals surface area contributed by atoms with Gasteiger partial charge in [0.15, 0.2) is 0 Å². The van der Waals surface area contributed by atoms with Crippen molar-refractivity contribution in [3.05, 3.63) is 11.1 Å². The van der Waals surface area contributed by atoms with Gasteiger partial charge in [-0.25, -0.2) is 0 Å². The fourth-order valence-corrected chi connectivity index (χ4v) is 4.58. The Labute approximate surface area is 99.3 Å². The van der Waals surface area contributed by atoms with Crippen LogP contribution in [0.5, 0.6) is 0 Å². The lowest BCUT2D eigenvalue weighted by atomic mass is 9.61. The summed E-state index contributed by atoms with van der Waals surface area (Å²) < 4.78 is 0. The number of hydrogen-bond donors (Lipinski definition) is 0. The fourth-order valence-electron chi connectivity index (χ4n) is 4.58. The molecule has 3 unspecified atom stereocenters. The third-order valence-electron chi connectivity index (χ3n) is 6.65. The van der Waals surface area contributed by atoms with Crippen molar-refractivity contribution in [3.8, 4) is 0 Å². The number of rotatable bonds is 1. The van der Waals surface area contributed by atoms with E-state index in [9.17, 15) is 4.79 Å². The lowest BCUT2D eigenvalue weighted by molar-refractivity contribution is -0.124. The summed E-state index contributed by atoms with van der Waals surface area (Å²) in [6.07, 6.45) is 1.04. The van der Waals surface area contributed by atoms with E-state index in [0.29, 0.717) is 5.78 Å². The van der Waals surface area contributed by atoms with Crippen molar-refractivity contribution >= 4 is 5.78 Å². The molecule has 0 aromatic rings. The van der Waals surface area contributed by atoms with E-state index in [0.717, 1.165) is 6.42 Å². The van der Waals surface area contributed by atoms with Gasteiger partial charge < -0.3 is 0 Å². The first-order chi connectivity index (χ1) is 7.10. The molecule has 1 saturated carbocycles. The summed E-state index contributed by atoms with van der Waals surface area (Å²) in [7, 11) is 0. The molecule has 0 spiro atoms. The molecule has 1 heteroatoms. The van der Waals surface area contributed by atoms with Crippen LogP contribution in [0.4, 0.5) is 0 Å². The van der Waals surface area contributed by atoms with Crippen molar-refractivity contribution < 1.29 is 4.79 Å². The molecule has 0 aromatic carbocycles. The van der Waals surface area contributed by atoms with Crippen molar-refractivity contribution in [3.63, 3.8) is 0 Å². The highest BCUT2D eigenvalue weighted by Crippen LogP contribution is 2.75. The van der Waals surface area contributed by atoms with Crippen LogP contribution in [0.2, 0.25) is 0 Å². The van der Waals surface area contributed by atoms with Crippen molar-refractivity contribution in [2.45, 2.75) is 54.9 Å². The fraction of sp³-hybridized carbons (Fsp3) is 0.800. The zero-order valence-corrected chi connectivity index (χ0v) is 11.7. The highest BCUT2D eigenvalue weighted by molar-refractivity contribution is 5.81. The summed E-state index contributed by atoms with van der Waals surface area (Å²) in [6.45, 7) is 15.6. The minimum atomic E-state index is 0.0671. The maximum Gasteiger partial charge on any atom is 0.133 e. The van der Waals surface area contributed by atoms with E-state index in [1.165, 1.54) is 11.1 Å². The van der Waals surface area contributed by atoms with Crippen LogP contribution in [-0.4, -0.2) is 5.78 Å². The molecule has 0 amide bonds. The normalized spacial score (nSPS) is 45.3. The van der Waals surface area contributed by atoms with Crippen LogP contribution in [-0.2, 0) is 4.79 Å². The molecule has 0 radical (unpaired) electrons. The predicted octanol–water partition coefficient (Wildman–Crippen LogP) is 3.98. The lowest BCUT2D eigenvalue weighted by Crippen LogP contribution is -2.38. The molecule has 16 heavy (non-hydrogen) atoms. The zero-order chi connectivity index (χ0) is 12.5. The molecule has 90 valence electrons. The second-order valence-corrected chi connectivity index (χ2v) is 6.78. The molecule has 0 heterocycles. The van der Waals surface area contributed by atoms with Gasteiger partial charge in [0, 0.05) is 11.3 Å². The first-order valence-corrected chi connectivity index (χ1v) is 6.29. The molecular formula is C15H24O. The van der Waals surface area contributed by atoms with Gasteiger partial charge in [0.25, 0.3) is 0 Å². The van der Waals surface area contributed by atoms with Crippen molar-refractivity contribution in [2.24, 2.45) is 22.2 Å². The number of hydrogen-bond acceptors (Lipinski definition) is 1. The Morgan fingerprint density at radius 2 is 1.62 bits per heavy atom. The minimum Gasteiger partial charge on any atom is -0.300 e. The summed E-state index contributed by atoms with van der Waals surface area (Å²) in [5, 5.41) is 0. The molecule has 3 atom stereocenters. The third kappa shape index (κ3) is 0.881. The summed E-state index contributed by atoms with van der Waals surface area (Å²) >= 11 is 0. The SMILES string of the molecule is CC(=O)C1CC2(C)C(C)=C(C)C1(C)C2(C)C. The first kappa shape index (κ1) is 11.9. The van der Waals surface area contributed by atoms with E-state index >= 15 is 0 Å². The minimum absolute atomic E-state index is 0.0671. The molecule has 2 aliphatic rings. The molecule has 2 bridgehead atoms. The number of fused-ring (bicyclic) bond motifs is 2. The topological polar surface area (TPSA) is 17.1 Å². The molecule has 0 N–H and O–H groups in total. The number of ketones is 1. The summed E-state index contributed by atoms with van der Waals surface area (Å²) in [6, 6.07) is 0. The molecule has 0 aromatic heterocycles. The smallest absolute Gasteiger partial charge is 0.133 e. The standard InChI is InChI=1S/C15H24O/c1-9-10(2)15(7)12(11(3)16)8-14(9,6)13(15,4)5/h12H,8H2,1-7H3. The van der Waals surface area contributed by atoms with Crippen LogP contribution in [0.25, 0.3) is 0 Å². The highest BCUT2D eigenvalue weighted by atomic mass is 16.1. The second-order valence-electron chi connectivity index (χ2n) is 6.78. The van der Waals surface area contributed by atoms with Crippen molar-refractivity contribution in [1.29, 1.82) is 0 Å². The monoisotopic (exact) mass is 220 g/mol. The Balaban J connectivity index is 2.69. The Bertz CT molecular complexity index is 402. The predicted molar refractivity (Wildman–Crippen MR) is 67.2 cm³/mol. The average Bonchev–Trinajstić information content (AvgIpc) is 2.39. The first-order valence-electron chi connectivity index (χ1n) is 6.29. The van der Waals surface area contributed by atoms with Gasteiger partial charge in [-0.15, -0.1) is 0 Å². The van der Waals surface area contributed by atoms with Crippen LogP contribution >= 0.6 is 0 Å². The molecular weight excluding hydrogens is 196 g/mol. The van der Waals surface area contributed by atoms with Gasteiger partial charge >= 0.3 is 0 Å². The zero-order valence-electron chi connectivity index (χ0n) is 11.7. The van der Waals surface area contributed by atoms with E-state index in [1.54, 1.807) is 6.92 Å². The summed E-state index contributed by atoms with van der Waals surface area (Å²) in [5.41, 5.74) is 3.47. The third-order valence-corrected chi connectivity index (χ3v) is 6.65. The van der Waals surface area contributed by atoms with Gasteiger partial charge in [0.05, 0.1) is 0 Å². The van der Waals surface area contributed by atoms with Crippen LogP contribution < -0.4 is 0 Å². The van der Waals surface area contributed by atoms with Gasteiger partial charge in [-0.1, -0.05) is 38.8 Å². The van der Waals surface area contributed by atoms with Gasteiger partial charge in [-0.05, 0) is 38.0 Å². The summed E-state index contributed by atoms with van der Waals surface area (Å²) in [4.78, 5) is 11.9. The number of carbonyl (C=O) groups is 1. The number of Topliss-reactive ketones (excluding diaryl/α,β-unsaturated/α-hetero) is 1. The maximum absolute atomic E-state index is 11.9. The number of carbonyl (C=O) groups excluding carboxylic acids is 1. The van der Waals surface area contributed by atoms with Crippen LogP contribution in [0.1, 0.15) is 54.9 Å². The number of allylic oxidation sites excluding steroid dienone is 2. The van der Waals surface area contributed by atoms with Crippen molar-refractivity contribution in [1.82, 2.24) is 0 Å². The van der Waals surface area contributed by atoms with E-state index < -0.39 is 0 Å². The Morgan fingerprint density at radius 1 is 1.12 bits per heavy atom. The van der Waals surface area contributed by atoms with E-state index in [4.69, 9.17) is 0 Å². The maximum atomic E-state index is 11.9. The molecule has 0 saturated heterocycles.